The highest BCUT2D eigenvalue weighted by Gasteiger charge is 2.40. The average molecular weight is 562 g/mol. The predicted molar refractivity (Wildman–Crippen MR) is 169 cm³/mol. The summed E-state index contributed by atoms with van der Waals surface area (Å²) in [5.41, 5.74) is 4.24. The number of carbonyl (C=O) groups is 3. The summed E-state index contributed by atoms with van der Waals surface area (Å²) < 4.78 is 0. The Morgan fingerprint density at radius 1 is 1.02 bits per heavy atom. The van der Waals surface area contributed by atoms with Crippen LogP contribution in [0.3, 0.4) is 0 Å². The predicted octanol–water partition coefficient (Wildman–Crippen LogP) is 7.69. The van der Waals surface area contributed by atoms with Crippen LogP contribution >= 0.6 is 0 Å². The van der Waals surface area contributed by atoms with Crippen LogP contribution in [-0.4, -0.2) is 48.2 Å². The van der Waals surface area contributed by atoms with Gasteiger partial charge >= 0.3 is 0 Å². The monoisotopic (exact) mass is 561 g/mol. The third-order valence-electron chi connectivity index (χ3n) is 5.40. The molecule has 1 aliphatic heterocycles. The van der Waals surface area contributed by atoms with Crippen molar-refractivity contribution in [3.63, 3.8) is 0 Å². The molecule has 1 saturated carbocycles. The van der Waals surface area contributed by atoms with Crippen molar-refractivity contribution in [1.29, 1.82) is 0 Å². The number of amides is 2. The number of aliphatic imine (C=N–C) groups is 1. The molecule has 0 bridgehead atoms. The highest BCUT2D eigenvalue weighted by Crippen LogP contribution is 2.37. The van der Waals surface area contributed by atoms with Crippen LogP contribution in [0.25, 0.3) is 0 Å². The Balaban J connectivity index is 0. The van der Waals surface area contributed by atoms with Crippen LogP contribution in [-0.2, 0) is 20.8 Å². The maximum atomic E-state index is 12.9. The summed E-state index contributed by atoms with van der Waals surface area (Å²) in [6.45, 7) is 22.3. The van der Waals surface area contributed by atoms with Crippen LogP contribution in [0.4, 0.5) is 0 Å². The lowest BCUT2D eigenvalue weighted by molar-refractivity contribution is -0.125. The van der Waals surface area contributed by atoms with Crippen LogP contribution in [0, 0.1) is 16.7 Å². The van der Waals surface area contributed by atoms with Gasteiger partial charge in [-0.1, -0.05) is 106 Å². The van der Waals surface area contributed by atoms with Crippen molar-refractivity contribution in [1.82, 2.24) is 10.2 Å². The fourth-order valence-corrected chi connectivity index (χ4v) is 3.60. The molecule has 3 rings (SSSR count). The van der Waals surface area contributed by atoms with Crippen molar-refractivity contribution in [2.45, 2.75) is 120 Å². The van der Waals surface area contributed by atoms with E-state index in [1.54, 1.807) is 7.05 Å². The van der Waals surface area contributed by atoms with E-state index in [2.05, 4.69) is 104 Å². The van der Waals surface area contributed by atoms with Gasteiger partial charge in [-0.2, -0.15) is 0 Å². The van der Waals surface area contributed by atoms with Crippen molar-refractivity contribution in [2.75, 3.05) is 13.7 Å². The number of nitrogens with zero attached hydrogens (tertiary/aromatic N) is 2. The normalized spacial score (nSPS) is 14.8. The summed E-state index contributed by atoms with van der Waals surface area (Å²) in [6.07, 6.45) is 8.51. The number of hydrogen-bond donors (Lipinski definition) is 2. The zero-order chi connectivity index (χ0) is 31.4. The smallest absolute Gasteiger partial charge is 0.290 e. The molecule has 1 unspecified atom stereocenters. The number of hydrogen-bond acceptors (Lipinski definition) is 4. The van der Waals surface area contributed by atoms with Gasteiger partial charge in [0.1, 0.15) is 12.4 Å². The molecule has 0 spiro atoms. The lowest BCUT2D eigenvalue weighted by Gasteiger charge is -2.30. The maximum Gasteiger partial charge on any atom is 0.290 e. The molecule has 40 heavy (non-hydrogen) atoms. The summed E-state index contributed by atoms with van der Waals surface area (Å²) in [6, 6.07) is 9.04. The van der Waals surface area contributed by atoms with Crippen molar-refractivity contribution in [3.05, 3.63) is 35.4 Å². The van der Waals surface area contributed by atoms with Gasteiger partial charge in [0.2, 0.25) is 6.41 Å². The fourth-order valence-electron chi connectivity index (χ4n) is 3.60. The van der Waals surface area contributed by atoms with Crippen molar-refractivity contribution >= 4 is 24.5 Å². The highest BCUT2D eigenvalue weighted by atomic mass is 16.3. The van der Waals surface area contributed by atoms with Gasteiger partial charge in [0.25, 0.3) is 12.4 Å². The van der Waals surface area contributed by atoms with E-state index >= 15 is 0 Å². The van der Waals surface area contributed by atoms with E-state index in [1.165, 1.54) is 17.5 Å². The number of nitrogens with one attached hydrogen (secondary N) is 1. The quantitative estimate of drug-likeness (QED) is 0.318. The van der Waals surface area contributed by atoms with E-state index in [0.29, 0.717) is 24.4 Å². The average Bonchev–Trinajstić information content (AvgIpc) is 3.62. The first-order valence-electron chi connectivity index (χ1n) is 14.8. The molecule has 1 aliphatic carbocycles. The minimum atomic E-state index is -0.250. The zero-order valence-corrected chi connectivity index (χ0v) is 27.3. The SMILES string of the molecule is CC(C)(C)C.CCC.CCCc1ccc(C(CCC(C)(C)C)N2CN=C(C3CC3)C2=O)cc1.CNC=O.O=CO. The van der Waals surface area contributed by atoms with Gasteiger partial charge in [-0.3, -0.25) is 19.4 Å². The van der Waals surface area contributed by atoms with Crippen molar-refractivity contribution in [3.8, 4) is 0 Å². The standard InChI is InChI=1S/C22H32N2O.C5H12.C3H8.C2H5NO.CH2O2/c1-5-6-16-7-9-17(10-8-16)19(13-14-22(2,3)4)24-15-23-20(21(24)25)18-11-12-18;1-5(2,3)4;1-3-2;1-3-2-4;2-1-3/h7-10,18-19H,5-6,11-15H2,1-4H3;1-4H3;3H2,1-2H3;2H,1H3,(H,3,4);1H,(H,2,3). The third kappa shape index (κ3) is 20.2. The van der Waals surface area contributed by atoms with Crippen molar-refractivity contribution in [2.24, 2.45) is 21.7 Å². The van der Waals surface area contributed by atoms with Gasteiger partial charge in [0.15, 0.2) is 0 Å². The molecule has 1 aromatic rings. The van der Waals surface area contributed by atoms with Gasteiger partial charge in [-0.05, 0) is 54.1 Å². The number of aryl methyl sites for hydroxylation is 1. The molecule has 0 aromatic heterocycles. The lowest BCUT2D eigenvalue weighted by Crippen LogP contribution is -2.35. The highest BCUT2D eigenvalue weighted by molar-refractivity contribution is 6.41. The molecule has 1 aromatic carbocycles. The van der Waals surface area contributed by atoms with Crippen molar-refractivity contribution < 1.29 is 19.5 Å². The molecule has 1 heterocycles. The third-order valence-corrected chi connectivity index (χ3v) is 5.40. The minimum Gasteiger partial charge on any atom is -0.483 e. The second-order valence-electron chi connectivity index (χ2n) is 13.1. The molecule has 230 valence electrons. The molecule has 2 aliphatic rings. The molecular weight excluding hydrogens is 502 g/mol. The topological polar surface area (TPSA) is 99.1 Å². The van der Waals surface area contributed by atoms with Crippen LogP contribution in [0.1, 0.15) is 125 Å². The summed E-state index contributed by atoms with van der Waals surface area (Å²) >= 11 is 0. The van der Waals surface area contributed by atoms with Gasteiger partial charge in [0, 0.05) is 13.0 Å². The number of carbonyl (C=O) groups excluding carboxylic acids is 2. The van der Waals surface area contributed by atoms with Gasteiger partial charge < -0.3 is 15.3 Å². The fraction of sp³-hybridized carbons (Fsp3) is 0.697. The van der Waals surface area contributed by atoms with Gasteiger partial charge in [0.05, 0.1) is 6.04 Å². The number of rotatable bonds is 8. The maximum absolute atomic E-state index is 12.9. The molecular formula is C33H59N3O4. The Morgan fingerprint density at radius 2 is 1.48 bits per heavy atom. The first kappa shape index (κ1) is 39.4. The van der Waals surface area contributed by atoms with Crippen LogP contribution in [0.5, 0.6) is 0 Å². The van der Waals surface area contributed by atoms with E-state index in [4.69, 9.17) is 14.7 Å². The molecule has 1 fully saturated rings. The first-order chi connectivity index (χ1) is 18.6. The van der Waals surface area contributed by atoms with Crippen LogP contribution in [0.15, 0.2) is 29.3 Å². The Labute approximate surface area is 245 Å². The van der Waals surface area contributed by atoms with E-state index in [-0.39, 0.29) is 23.8 Å². The Kier molecular flexibility index (Phi) is 20.8. The summed E-state index contributed by atoms with van der Waals surface area (Å²) in [5.74, 6) is 0.617. The zero-order valence-electron chi connectivity index (χ0n) is 27.3. The Morgan fingerprint density at radius 3 is 1.82 bits per heavy atom. The molecule has 2 amide bonds. The summed E-state index contributed by atoms with van der Waals surface area (Å²) in [4.78, 5) is 36.9. The van der Waals surface area contributed by atoms with Crippen LogP contribution < -0.4 is 5.32 Å². The van der Waals surface area contributed by atoms with E-state index in [0.717, 1.165) is 44.2 Å². The van der Waals surface area contributed by atoms with Gasteiger partial charge in [-0.15, -0.1) is 0 Å². The number of benzene rings is 1. The summed E-state index contributed by atoms with van der Waals surface area (Å²) in [5, 5.41) is 9.14. The summed E-state index contributed by atoms with van der Waals surface area (Å²) in [7, 11) is 1.56. The molecule has 7 nitrogen and oxygen atoms in total. The largest absolute Gasteiger partial charge is 0.483 e. The van der Waals surface area contributed by atoms with Crippen LogP contribution in [0.2, 0.25) is 0 Å². The second-order valence-corrected chi connectivity index (χ2v) is 13.1. The molecule has 7 heteroatoms. The van der Waals surface area contributed by atoms with Gasteiger partial charge in [-0.25, -0.2) is 0 Å². The Hall–Kier alpha value is -2.70. The molecule has 1 atom stereocenters. The first-order valence-corrected chi connectivity index (χ1v) is 14.8. The van der Waals surface area contributed by atoms with E-state index < -0.39 is 0 Å². The Bertz CT molecular complexity index is 842. The van der Waals surface area contributed by atoms with E-state index in [1.807, 2.05) is 4.90 Å². The lowest BCUT2D eigenvalue weighted by atomic mass is 9.86. The molecule has 0 saturated heterocycles. The van der Waals surface area contributed by atoms with E-state index in [9.17, 15) is 4.79 Å². The molecule has 2 N–H and O–H groups in total. The minimum absolute atomic E-state index is 0.141. The number of carboxylic acid groups (broad SMARTS) is 1. The molecule has 0 radical (unpaired) electrons. The second kappa shape index (κ2) is 21.1.